The highest BCUT2D eigenvalue weighted by atomic mass is 16.2. The van der Waals surface area contributed by atoms with Crippen molar-refractivity contribution >= 4 is 29.3 Å². The number of hydrogen-bond donors (Lipinski definition) is 2. The number of amides is 4. The van der Waals surface area contributed by atoms with Gasteiger partial charge in [-0.25, -0.2) is 0 Å². The zero-order valence-electron chi connectivity index (χ0n) is 18.6. The summed E-state index contributed by atoms with van der Waals surface area (Å²) in [4.78, 5) is 52.6. The second-order valence-electron chi connectivity index (χ2n) is 8.04. The van der Waals surface area contributed by atoms with E-state index < -0.39 is 0 Å². The van der Waals surface area contributed by atoms with Gasteiger partial charge in [-0.15, -0.1) is 0 Å². The van der Waals surface area contributed by atoms with E-state index in [0.29, 0.717) is 23.4 Å². The highest BCUT2D eigenvalue weighted by Gasteiger charge is 2.35. The first kappa shape index (κ1) is 23.1. The van der Waals surface area contributed by atoms with Crippen molar-refractivity contribution in [3.63, 3.8) is 0 Å². The molecule has 8 heteroatoms. The predicted molar refractivity (Wildman–Crippen MR) is 122 cm³/mol. The number of rotatable bonds is 9. The van der Waals surface area contributed by atoms with Crippen LogP contribution in [-0.2, 0) is 11.3 Å². The highest BCUT2D eigenvalue weighted by molar-refractivity contribution is 6.22. The quantitative estimate of drug-likeness (QED) is 0.589. The van der Waals surface area contributed by atoms with Gasteiger partial charge in [0, 0.05) is 24.3 Å². The molecule has 4 amide bonds. The molecule has 1 heterocycles. The van der Waals surface area contributed by atoms with Crippen LogP contribution in [0.2, 0.25) is 0 Å². The number of likely N-dealkylation sites (N-methyl/N-ethyl adjacent to an activating group) is 1. The minimum atomic E-state index is -0.353. The summed E-state index contributed by atoms with van der Waals surface area (Å²) in [5.41, 5.74) is 2.39. The lowest BCUT2D eigenvalue weighted by Crippen LogP contribution is -2.30. The molecular weight excluding hydrogens is 408 g/mol. The number of imide groups is 1. The van der Waals surface area contributed by atoms with Crippen LogP contribution in [-0.4, -0.2) is 60.6 Å². The second-order valence-corrected chi connectivity index (χ2v) is 8.04. The molecule has 168 valence electrons. The Morgan fingerprint density at radius 1 is 1.00 bits per heavy atom. The fraction of sp³-hybridized carbons (Fsp3) is 0.333. The molecule has 2 aromatic rings. The summed E-state index contributed by atoms with van der Waals surface area (Å²) in [5, 5.41) is 5.64. The zero-order chi connectivity index (χ0) is 23.3. The minimum Gasteiger partial charge on any atom is -0.348 e. The Hall–Kier alpha value is -3.52. The molecule has 1 aliphatic rings. The van der Waals surface area contributed by atoms with Gasteiger partial charge in [0.1, 0.15) is 0 Å². The van der Waals surface area contributed by atoms with Crippen LogP contribution in [0.4, 0.5) is 5.69 Å². The third-order valence-electron chi connectivity index (χ3n) is 5.09. The number of carbonyl (C=O) groups is 4. The van der Waals surface area contributed by atoms with Crippen LogP contribution >= 0.6 is 0 Å². The first-order valence-corrected chi connectivity index (χ1v) is 10.6. The van der Waals surface area contributed by atoms with Gasteiger partial charge in [0.2, 0.25) is 5.91 Å². The van der Waals surface area contributed by atoms with E-state index in [1.165, 1.54) is 17.0 Å². The highest BCUT2D eigenvalue weighted by Crippen LogP contribution is 2.24. The third kappa shape index (κ3) is 5.39. The van der Waals surface area contributed by atoms with Gasteiger partial charge >= 0.3 is 0 Å². The first-order valence-electron chi connectivity index (χ1n) is 10.6. The lowest BCUT2D eigenvalue weighted by atomic mass is 10.1. The van der Waals surface area contributed by atoms with E-state index in [0.717, 1.165) is 18.4 Å². The van der Waals surface area contributed by atoms with Crippen LogP contribution in [0.5, 0.6) is 0 Å². The molecule has 3 rings (SSSR count). The Balaban J connectivity index is 1.64. The smallest absolute Gasteiger partial charge is 0.261 e. The Morgan fingerprint density at radius 2 is 1.75 bits per heavy atom. The van der Waals surface area contributed by atoms with Gasteiger partial charge in [-0.1, -0.05) is 25.5 Å². The molecule has 0 aromatic heterocycles. The maximum atomic E-state index is 12.6. The van der Waals surface area contributed by atoms with Crippen molar-refractivity contribution < 1.29 is 19.2 Å². The van der Waals surface area contributed by atoms with Crippen molar-refractivity contribution in [1.29, 1.82) is 0 Å². The lowest BCUT2D eigenvalue weighted by Gasteiger charge is -2.12. The molecule has 0 bridgehead atoms. The van der Waals surface area contributed by atoms with Crippen LogP contribution in [0.25, 0.3) is 0 Å². The number of anilines is 1. The van der Waals surface area contributed by atoms with Crippen molar-refractivity contribution in [3.8, 4) is 0 Å². The molecule has 0 radical (unpaired) electrons. The summed E-state index contributed by atoms with van der Waals surface area (Å²) in [6.45, 7) is 2.90. The van der Waals surface area contributed by atoms with Crippen LogP contribution < -0.4 is 10.6 Å². The molecule has 0 spiro atoms. The lowest BCUT2D eigenvalue weighted by molar-refractivity contribution is -0.116. The fourth-order valence-corrected chi connectivity index (χ4v) is 3.48. The van der Waals surface area contributed by atoms with Crippen molar-refractivity contribution in [3.05, 3.63) is 64.7 Å². The predicted octanol–water partition coefficient (Wildman–Crippen LogP) is 2.51. The summed E-state index contributed by atoms with van der Waals surface area (Å²) in [6, 6.07) is 11.8. The maximum Gasteiger partial charge on any atom is 0.261 e. The summed E-state index contributed by atoms with van der Waals surface area (Å²) in [7, 11) is 3.63. The molecule has 0 atom stereocenters. The van der Waals surface area contributed by atoms with Gasteiger partial charge in [-0.2, -0.15) is 0 Å². The number of hydrogen-bond acceptors (Lipinski definition) is 5. The maximum absolute atomic E-state index is 12.6. The Morgan fingerprint density at radius 3 is 2.47 bits per heavy atom. The van der Waals surface area contributed by atoms with Gasteiger partial charge < -0.3 is 15.5 Å². The molecular formula is C24H28N4O4. The fourth-order valence-electron chi connectivity index (χ4n) is 3.48. The van der Waals surface area contributed by atoms with E-state index in [1.54, 1.807) is 29.2 Å². The monoisotopic (exact) mass is 436 g/mol. The molecule has 0 saturated carbocycles. The largest absolute Gasteiger partial charge is 0.348 e. The van der Waals surface area contributed by atoms with E-state index in [2.05, 4.69) is 10.6 Å². The molecule has 0 fully saturated rings. The summed E-state index contributed by atoms with van der Waals surface area (Å²) >= 11 is 0. The molecule has 1 aliphatic heterocycles. The molecule has 0 unspecified atom stereocenters. The molecule has 0 saturated heterocycles. The summed E-state index contributed by atoms with van der Waals surface area (Å²) < 4.78 is 0. The number of nitrogens with one attached hydrogen (secondary N) is 2. The number of fused-ring (bicyclic) bond motifs is 1. The number of nitrogens with zero attached hydrogens (tertiary/aromatic N) is 2. The normalized spacial score (nSPS) is 12.8. The Kier molecular flexibility index (Phi) is 7.37. The van der Waals surface area contributed by atoms with Gasteiger partial charge in [-0.05, 0) is 56.4 Å². The van der Waals surface area contributed by atoms with Gasteiger partial charge in [-0.3, -0.25) is 24.1 Å². The van der Waals surface area contributed by atoms with Crippen LogP contribution in [0.1, 0.15) is 56.4 Å². The van der Waals surface area contributed by atoms with Gasteiger partial charge in [0.05, 0.1) is 17.7 Å². The summed E-state index contributed by atoms with van der Waals surface area (Å²) in [6.07, 6.45) is 1.62. The van der Waals surface area contributed by atoms with E-state index >= 15 is 0 Å². The first-order chi connectivity index (χ1) is 15.3. The topological polar surface area (TPSA) is 98.8 Å². The zero-order valence-corrected chi connectivity index (χ0v) is 18.6. The van der Waals surface area contributed by atoms with Gasteiger partial charge in [0.25, 0.3) is 17.7 Å². The third-order valence-corrected chi connectivity index (χ3v) is 5.09. The van der Waals surface area contributed by atoms with E-state index in [1.807, 2.05) is 27.1 Å². The summed E-state index contributed by atoms with van der Waals surface area (Å²) in [5.74, 6) is -1.13. The van der Waals surface area contributed by atoms with Crippen molar-refractivity contribution in [1.82, 2.24) is 15.1 Å². The van der Waals surface area contributed by atoms with Crippen LogP contribution in [0.15, 0.2) is 42.5 Å². The molecule has 2 aromatic carbocycles. The number of benzene rings is 2. The Bertz CT molecular complexity index is 1050. The van der Waals surface area contributed by atoms with E-state index in [-0.39, 0.29) is 42.3 Å². The van der Waals surface area contributed by atoms with Crippen LogP contribution in [0.3, 0.4) is 0 Å². The standard InChI is InChI=1S/C24H28N4O4/c1-4-5-11-28-23(31)19-10-9-17(13-20(19)24(28)32)22(30)25-14-16-7-6-8-18(12-16)26-21(29)15-27(2)3/h6-10,12-13H,4-5,11,14-15H2,1-3H3,(H,25,30)(H,26,29). The average Bonchev–Trinajstić information content (AvgIpc) is 2.99. The SMILES string of the molecule is CCCCN1C(=O)c2ccc(C(=O)NCc3cccc(NC(=O)CN(C)C)c3)cc2C1=O. The van der Waals surface area contributed by atoms with Crippen molar-refractivity contribution in [2.45, 2.75) is 26.3 Å². The molecule has 2 N–H and O–H groups in total. The second kappa shape index (κ2) is 10.2. The molecule has 32 heavy (non-hydrogen) atoms. The van der Waals surface area contributed by atoms with E-state index in [9.17, 15) is 19.2 Å². The number of carbonyl (C=O) groups excluding carboxylic acids is 4. The molecule has 0 aliphatic carbocycles. The van der Waals surface area contributed by atoms with Gasteiger partial charge in [0.15, 0.2) is 0 Å². The molecule has 8 nitrogen and oxygen atoms in total. The average molecular weight is 437 g/mol. The minimum absolute atomic E-state index is 0.124. The van der Waals surface area contributed by atoms with Crippen molar-refractivity contribution in [2.24, 2.45) is 0 Å². The number of unbranched alkanes of at least 4 members (excludes halogenated alkanes) is 1. The van der Waals surface area contributed by atoms with Crippen LogP contribution in [0, 0.1) is 0 Å². The van der Waals surface area contributed by atoms with E-state index in [4.69, 9.17) is 0 Å². The van der Waals surface area contributed by atoms with Crippen molar-refractivity contribution in [2.75, 3.05) is 32.5 Å². The Labute approximate surface area is 187 Å².